The molecule has 1 heterocycles. The first-order valence-electron chi connectivity index (χ1n) is 14.9. The van der Waals surface area contributed by atoms with Crippen molar-refractivity contribution in [2.45, 2.75) is 50.5 Å². The summed E-state index contributed by atoms with van der Waals surface area (Å²) in [5, 5.41) is 17.4. The number of hydrogen-bond acceptors (Lipinski definition) is 8. The van der Waals surface area contributed by atoms with Crippen molar-refractivity contribution < 1.29 is 50.7 Å². The maximum absolute atomic E-state index is 14.9. The van der Waals surface area contributed by atoms with Gasteiger partial charge in [0, 0.05) is 6.42 Å². The third-order valence-corrected chi connectivity index (χ3v) is 8.43. The number of thiophene rings is 1. The van der Waals surface area contributed by atoms with Gasteiger partial charge in [0.05, 0.1) is 34.0 Å². The molecule has 0 aliphatic rings. The third-order valence-electron chi connectivity index (χ3n) is 7.20. The maximum Gasteiger partial charge on any atom is 0.405 e. The maximum atomic E-state index is 14.9. The van der Waals surface area contributed by atoms with Crippen molar-refractivity contribution in [2.75, 3.05) is 13.7 Å². The van der Waals surface area contributed by atoms with E-state index in [1.807, 2.05) is 6.07 Å². The Kier molecular flexibility index (Phi) is 13.6. The summed E-state index contributed by atoms with van der Waals surface area (Å²) < 4.78 is 72.8. The summed E-state index contributed by atoms with van der Waals surface area (Å²) in [5.74, 6) is -13.3. The molecule has 3 atom stereocenters. The van der Waals surface area contributed by atoms with E-state index in [9.17, 15) is 51.2 Å². The predicted molar refractivity (Wildman–Crippen MR) is 175 cm³/mol. The average Bonchev–Trinajstić information content (AvgIpc) is 3.53. The first-order chi connectivity index (χ1) is 23.9. The summed E-state index contributed by atoms with van der Waals surface area (Å²) in [5.41, 5.74) is 0.764. The van der Waals surface area contributed by atoms with Gasteiger partial charge >= 0.3 is 12.1 Å². The molecule has 0 saturated carbocycles. The summed E-state index contributed by atoms with van der Waals surface area (Å²) in [7, 11) is 1.36. The highest BCUT2D eigenvalue weighted by atomic mass is 35.5. The smallest absolute Gasteiger partial charge is 0.405 e. The van der Waals surface area contributed by atoms with Crippen LogP contribution in [-0.2, 0) is 25.6 Å². The molecule has 0 saturated heterocycles. The number of nitrogens with zero attached hydrogens (tertiary/aromatic N) is 1. The van der Waals surface area contributed by atoms with E-state index in [0.29, 0.717) is 11.3 Å². The molecule has 18 heteroatoms. The number of nitriles is 1. The van der Waals surface area contributed by atoms with Gasteiger partial charge in [-0.3, -0.25) is 24.0 Å². The van der Waals surface area contributed by atoms with Crippen LogP contribution in [0.4, 0.5) is 22.0 Å². The fourth-order valence-corrected chi connectivity index (χ4v) is 5.53. The molecular formula is C33H31ClF5N5O6S. The van der Waals surface area contributed by atoms with E-state index in [2.05, 4.69) is 16.0 Å². The highest BCUT2D eigenvalue weighted by Gasteiger charge is 2.52. The molecule has 1 aromatic heterocycles. The topological polar surface area (TPSA) is 166 Å². The quantitative estimate of drug-likeness (QED) is 0.131. The average molecular weight is 756 g/mol. The van der Waals surface area contributed by atoms with Crippen molar-refractivity contribution in [2.24, 2.45) is 5.92 Å². The van der Waals surface area contributed by atoms with E-state index in [4.69, 9.17) is 16.3 Å². The van der Waals surface area contributed by atoms with Crippen molar-refractivity contribution in [1.82, 2.24) is 21.3 Å². The van der Waals surface area contributed by atoms with Gasteiger partial charge in [-0.2, -0.15) is 27.2 Å². The van der Waals surface area contributed by atoms with Gasteiger partial charge in [0.1, 0.15) is 24.4 Å². The van der Waals surface area contributed by atoms with Gasteiger partial charge < -0.3 is 26.0 Å². The van der Waals surface area contributed by atoms with Crippen LogP contribution in [-0.4, -0.2) is 67.2 Å². The number of ether oxygens (including phenoxy) is 1. The van der Waals surface area contributed by atoms with Gasteiger partial charge in [0.2, 0.25) is 17.6 Å². The number of Topliss-reactive ketones (excluding diaryl/α,β-unsaturated/α-hetero) is 1. The molecule has 4 amide bonds. The Bertz CT molecular complexity index is 1800. The zero-order valence-electron chi connectivity index (χ0n) is 27.1. The lowest BCUT2D eigenvalue weighted by molar-refractivity contribution is -0.165. The Balaban J connectivity index is 1.97. The highest BCUT2D eigenvalue weighted by molar-refractivity contribution is 7.18. The first kappa shape index (κ1) is 40.4. The zero-order valence-corrected chi connectivity index (χ0v) is 28.6. The number of rotatable bonds is 15. The van der Waals surface area contributed by atoms with Crippen LogP contribution in [0.15, 0.2) is 60.7 Å². The van der Waals surface area contributed by atoms with E-state index in [0.717, 1.165) is 16.7 Å². The van der Waals surface area contributed by atoms with Crippen molar-refractivity contribution >= 4 is 52.3 Å². The fraction of sp³-hybridized carbons (Fsp3) is 0.333. The Hall–Kier alpha value is -5.08. The summed E-state index contributed by atoms with van der Waals surface area (Å²) in [6, 6.07) is 11.3. The van der Waals surface area contributed by atoms with Gasteiger partial charge in [0.25, 0.3) is 11.8 Å². The van der Waals surface area contributed by atoms with Crippen LogP contribution in [0, 0.1) is 17.2 Å². The molecule has 0 bridgehead atoms. The molecule has 51 heavy (non-hydrogen) atoms. The van der Waals surface area contributed by atoms with E-state index in [1.54, 1.807) is 12.1 Å². The van der Waals surface area contributed by atoms with Crippen molar-refractivity contribution in [3.63, 3.8) is 0 Å². The number of carbonyl (C=O) groups excluding carboxylic acids is 5. The zero-order chi connectivity index (χ0) is 38.1. The first-order valence-corrected chi connectivity index (χ1v) is 16.1. The van der Waals surface area contributed by atoms with Gasteiger partial charge in [-0.05, 0) is 53.4 Å². The predicted octanol–water partition coefficient (Wildman–Crippen LogP) is 4.50. The van der Waals surface area contributed by atoms with E-state index in [1.165, 1.54) is 69.5 Å². The van der Waals surface area contributed by atoms with Gasteiger partial charge in [0.15, 0.2) is 0 Å². The van der Waals surface area contributed by atoms with E-state index in [-0.39, 0.29) is 26.8 Å². The molecule has 0 radical (unpaired) electrons. The molecule has 0 fully saturated rings. The molecule has 4 N–H and O–H groups in total. The number of methoxy groups -OCH3 is 1. The lowest BCUT2D eigenvalue weighted by Gasteiger charge is -2.28. The van der Waals surface area contributed by atoms with Gasteiger partial charge in [-0.25, -0.2) is 0 Å². The third kappa shape index (κ3) is 11.2. The molecular weight excluding hydrogens is 725 g/mol. The molecule has 3 unspecified atom stereocenters. The Labute approximate surface area is 297 Å². The summed E-state index contributed by atoms with van der Waals surface area (Å²) in [4.78, 5) is 65.8. The number of nitrogens with one attached hydrogen (secondary N) is 4. The van der Waals surface area contributed by atoms with Crippen molar-refractivity contribution in [1.29, 1.82) is 5.26 Å². The molecule has 3 aromatic rings. The minimum atomic E-state index is -5.04. The fourth-order valence-electron chi connectivity index (χ4n) is 4.59. The number of amides is 4. The molecule has 2 aromatic carbocycles. The summed E-state index contributed by atoms with van der Waals surface area (Å²) in [6.07, 6.45) is -5.23. The number of hydrogen-bond donors (Lipinski definition) is 4. The summed E-state index contributed by atoms with van der Waals surface area (Å²) in [6.45, 7) is 0.355. The lowest BCUT2D eigenvalue weighted by atomic mass is 9.94. The number of ketones is 1. The van der Waals surface area contributed by atoms with E-state index >= 15 is 0 Å². The van der Waals surface area contributed by atoms with Crippen LogP contribution < -0.4 is 26.0 Å². The minimum Gasteiger partial charge on any atom is -0.497 e. The van der Waals surface area contributed by atoms with Crippen LogP contribution in [0.2, 0.25) is 4.34 Å². The number of alkyl halides is 5. The largest absolute Gasteiger partial charge is 0.497 e. The molecule has 3 rings (SSSR count). The second-order valence-electron chi connectivity index (χ2n) is 11.3. The molecule has 0 aliphatic carbocycles. The number of benzene rings is 2. The second-order valence-corrected chi connectivity index (χ2v) is 13.0. The highest BCUT2D eigenvalue weighted by Crippen LogP contribution is 2.25. The van der Waals surface area contributed by atoms with Crippen molar-refractivity contribution in [3.05, 3.63) is 86.6 Å². The number of halogens is 6. The van der Waals surface area contributed by atoms with E-state index < -0.39 is 72.1 Å². The molecule has 0 aliphatic heterocycles. The summed E-state index contributed by atoms with van der Waals surface area (Å²) >= 11 is 6.89. The van der Waals surface area contributed by atoms with Crippen molar-refractivity contribution in [3.8, 4) is 11.8 Å². The SMILES string of the molecule is COc1ccc(C(NC(=O)C(Cc2cccc(C#N)c2)NC(=O)c2ccc(Cl)s2)C(=O)NC(C(=O)C(F)(F)C(=O)NCC(F)(F)F)C(C)C)cc1. The minimum absolute atomic E-state index is 0.0629. The molecule has 11 nitrogen and oxygen atoms in total. The normalized spacial score (nSPS) is 13.3. The number of carbonyl (C=O) groups is 5. The Morgan fingerprint density at radius 1 is 0.922 bits per heavy atom. The molecule has 272 valence electrons. The van der Waals surface area contributed by atoms with Crippen LogP contribution in [0.3, 0.4) is 0 Å². The van der Waals surface area contributed by atoms with Gasteiger partial charge in [-0.1, -0.05) is 49.7 Å². The monoisotopic (exact) mass is 755 g/mol. The lowest BCUT2D eigenvalue weighted by Crippen LogP contribution is -2.58. The Morgan fingerprint density at radius 3 is 2.14 bits per heavy atom. The molecule has 0 spiro atoms. The Morgan fingerprint density at radius 2 is 1.59 bits per heavy atom. The van der Waals surface area contributed by atoms with Crippen LogP contribution in [0.1, 0.15) is 46.3 Å². The second kappa shape index (κ2) is 17.2. The van der Waals surface area contributed by atoms with Gasteiger partial charge in [-0.15, -0.1) is 11.3 Å². The van der Waals surface area contributed by atoms with Crippen LogP contribution in [0.25, 0.3) is 0 Å². The van der Waals surface area contributed by atoms with Crippen LogP contribution >= 0.6 is 22.9 Å². The van der Waals surface area contributed by atoms with Crippen LogP contribution in [0.5, 0.6) is 5.75 Å². The standard InChI is InChI=1S/C33H31ClF5N5O6S/c1-17(2)25(27(45)33(38,39)31(49)41-16-32(35,36)37)43-30(48)26(20-7-9-21(50-3)10-8-20)44-28(46)22(14-18-5-4-6-19(13-18)15-40)42-29(47)23-11-12-24(34)51-23/h4-13,17,22,25-26H,14,16H2,1-3H3,(H,41,49)(H,42,47)(H,43,48)(H,44,46).